The summed E-state index contributed by atoms with van der Waals surface area (Å²) in [6.45, 7) is 0. The van der Waals surface area contributed by atoms with Gasteiger partial charge in [0.1, 0.15) is 11.5 Å². The van der Waals surface area contributed by atoms with Crippen LogP contribution >= 0.6 is 0 Å². The summed E-state index contributed by atoms with van der Waals surface area (Å²) >= 11 is 0. The topological polar surface area (TPSA) is 101 Å². The molecule has 4 aromatic rings. The predicted molar refractivity (Wildman–Crippen MR) is 180 cm³/mol. The third-order valence-electron chi connectivity index (χ3n) is 10.9. The molecule has 1 N–H and O–H groups in total. The van der Waals surface area contributed by atoms with Gasteiger partial charge in [0, 0.05) is 29.0 Å². The lowest BCUT2D eigenvalue weighted by Gasteiger charge is -2.55. The number of hydrogen-bond donors (Lipinski definition) is 1. The minimum absolute atomic E-state index is 0.00154. The Bertz CT molecular complexity index is 2040. The van der Waals surface area contributed by atoms with Gasteiger partial charge in [-0.2, -0.15) is 0 Å². The van der Waals surface area contributed by atoms with Crippen LogP contribution in [0.1, 0.15) is 35.4 Å². The highest BCUT2D eigenvalue weighted by Crippen LogP contribution is 2.64. The number of nitrogens with zero attached hydrogens (tertiary/aromatic N) is 1. The van der Waals surface area contributed by atoms with Gasteiger partial charge in [-0.3, -0.25) is 24.1 Å². The predicted octanol–water partition coefficient (Wildman–Crippen LogP) is 6.43. The second-order valence-corrected chi connectivity index (χ2v) is 13.1. The molecule has 1 saturated carbocycles. The summed E-state index contributed by atoms with van der Waals surface area (Å²) in [6.07, 6.45) is 4.06. The Hall–Kier alpha value is -5.56. The van der Waals surface area contributed by atoms with Crippen LogP contribution in [-0.4, -0.2) is 35.6 Å². The van der Waals surface area contributed by atoms with Crippen molar-refractivity contribution in [3.63, 3.8) is 0 Å². The van der Waals surface area contributed by atoms with Gasteiger partial charge in [0.2, 0.25) is 11.8 Å². The van der Waals surface area contributed by atoms with Crippen LogP contribution in [0.4, 0.5) is 5.69 Å². The molecule has 0 radical (unpaired) electrons. The standard InChI is InChI=1S/C41H33NO6/c1-48-34-21-27(43)17-18-29(34)37-28-19-20-30-36(40(47)42(39(30)46)26-15-9-4-10-16-26)32(28)22-33-38(45)31(24-11-5-2-6-12-24)23-35(44)41(33,37)25-13-7-3-8-14-25/h2-19,21,23,30,32-33,36-37,43H,20,22H2,1H3. The van der Waals surface area contributed by atoms with Gasteiger partial charge in [0.15, 0.2) is 11.6 Å². The molecule has 7 heteroatoms. The number of carbonyl (C=O) groups excluding carboxylic acids is 4. The fourth-order valence-corrected chi connectivity index (χ4v) is 8.99. The van der Waals surface area contributed by atoms with Gasteiger partial charge in [-0.25, -0.2) is 0 Å². The molecule has 7 nitrogen and oxygen atoms in total. The summed E-state index contributed by atoms with van der Waals surface area (Å²) in [7, 11) is 1.51. The minimum Gasteiger partial charge on any atom is -0.508 e. The molecule has 2 amide bonds. The van der Waals surface area contributed by atoms with Crippen LogP contribution in [0, 0.1) is 23.7 Å². The van der Waals surface area contributed by atoms with Crippen LogP contribution in [0.25, 0.3) is 5.57 Å². The molecule has 1 aliphatic heterocycles. The van der Waals surface area contributed by atoms with Gasteiger partial charge in [-0.15, -0.1) is 0 Å². The van der Waals surface area contributed by atoms with E-state index in [1.165, 1.54) is 24.2 Å². The van der Waals surface area contributed by atoms with Crippen molar-refractivity contribution in [2.24, 2.45) is 23.7 Å². The number of Topliss-reactive ketones (excluding diaryl/α,β-unsaturated/α-hetero) is 1. The number of benzene rings is 4. The Morgan fingerprint density at radius 2 is 1.46 bits per heavy atom. The number of carbonyl (C=O) groups is 4. The molecule has 6 atom stereocenters. The third kappa shape index (κ3) is 4.20. The maximum atomic E-state index is 15.1. The van der Waals surface area contributed by atoms with E-state index < -0.39 is 35.0 Å². The number of allylic oxidation sites excluding steroid dienone is 4. The van der Waals surface area contributed by atoms with E-state index in [4.69, 9.17) is 4.74 Å². The Morgan fingerprint density at radius 1 is 0.792 bits per heavy atom. The van der Waals surface area contributed by atoms with Gasteiger partial charge < -0.3 is 9.84 Å². The fourth-order valence-electron chi connectivity index (χ4n) is 8.99. The molecule has 2 fully saturated rings. The molecule has 238 valence electrons. The number of phenolic OH excluding ortho intramolecular Hbond substituents is 1. The molecule has 0 bridgehead atoms. The van der Waals surface area contributed by atoms with Crippen LogP contribution in [0.2, 0.25) is 0 Å². The quantitative estimate of drug-likeness (QED) is 0.200. The number of ether oxygens (including phenoxy) is 1. The first-order valence-electron chi connectivity index (χ1n) is 16.3. The van der Waals surface area contributed by atoms with Crippen LogP contribution in [0.5, 0.6) is 11.5 Å². The van der Waals surface area contributed by atoms with E-state index in [-0.39, 0.29) is 35.6 Å². The Balaban J connectivity index is 1.39. The molecule has 48 heavy (non-hydrogen) atoms. The number of ketones is 2. The van der Waals surface area contributed by atoms with Crippen molar-refractivity contribution in [2.75, 3.05) is 12.0 Å². The van der Waals surface area contributed by atoms with Crippen molar-refractivity contribution in [2.45, 2.75) is 24.2 Å². The van der Waals surface area contributed by atoms with Gasteiger partial charge >= 0.3 is 0 Å². The maximum Gasteiger partial charge on any atom is 0.238 e. The fraction of sp³-hybridized carbons (Fsp3) is 0.220. The van der Waals surface area contributed by atoms with E-state index in [2.05, 4.69) is 0 Å². The van der Waals surface area contributed by atoms with Crippen molar-refractivity contribution in [3.05, 3.63) is 144 Å². The molecular weight excluding hydrogens is 602 g/mol. The number of rotatable bonds is 5. The molecule has 3 aliphatic carbocycles. The van der Waals surface area contributed by atoms with Crippen LogP contribution < -0.4 is 9.64 Å². The average molecular weight is 636 g/mol. The van der Waals surface area contributed by atoms with Crippen molar-refractivity contribution < 1.29 is 29.0 Å². The molecule has 1 heterocycles. The molecule has 4 aliphatic rings. The van der Waals surface area contributed by atoms with Gasteiger partial charge in [-0.1, -0.05) is 96.6 Å². The van der Waals surface area contributed by atoms with Crippen molar-refractivity contribution in [3.8, 4) is 11.5 Å². The van der Waals surface area contributed by atoms with Crippen molar-refractivity contribution in [1.29, 1.82) is 0 Å². The molecule has 0 spiro atoms. The first kappa shape index (κ1) is 29.8. The Labute approximate surface area is 278 Å². The number of hydrogen-bond acceptors (Lipinski definition) is 6. The van der Waals surface area contributed by atoms with Crippen molar-refractivity contribution in [1.82, 2.24) is 0 Å². The summed E-state index contributed by atoms with van der Waals surface area (Å²) in [5, 5.41) is 10.5. The molecule has 4 aromatic carbocycles. The minimum atomic E-state index is -1.37. The second-order valence-electron chi connectivity index (χ2n) is 13.1. The molecule has 6 unspecified atom stereocenters. The summed E-state index contributed by atoms with van der Waals surface area (Å²) in [4.78, 5) is 59.7. The molecule has 0 aromatic heterocycles. The van der Waals surface area contributed by atoms with Crippen LogP contribution in [0.15, 0.2) is 127 Å². The monoisotopic (exact) mass is 635 g/mol. The summed E-state index contributed by atoms with van der Waals surface area (Å²) in [5.74, 6) is -3.92. The van der Waals surface area contributed by atoms with E-state index in [1.54, 1.807) is 36.4 Å². The maximum absolute atomic E-state index is 15.1. The Kier molecular flexibility index (Phi) is 7.02. The largest absolute Gasteiger partial charge is 0.508 e. The number of anilines is 1. The third-order valence-corrected chi connectivity index (χ3v) is 10.9. The van der Waals surface area contributed by atoms with E-state index in [0.29, 0.717) is 40.1 Å². The zero-order valence-corrected chi connectivity index (χ0v) is 26.3. The van der Waals surface area contributed by atoms with Gasteiger partial charge in [-0.05, 0) is 54.2 Å². The number of phenols is 1. The zero-order valence-electron chi connectivity index (χ0n) is 26.3. The van der Waals surface area contributed by atoms with E-state index in [9.17, 15) is 19.5 Å². The van der Waals surface area contributed by atoms with E-state index >= 15 is 4.79 Å². The lowest BCUT2D eigenvalue weighted by molar-refractivity contribution is -0.135. The lowest BCUT2D eigenvalue weighted by atomic mass is 9.44. The highest BCUT2D eigenvalue weighted by atomic mass is 16.5. The summed E-state index contributed by atoms with van der Waals surface area (Å²) < 4.78 is 5.84. The molecular formula is C41H33NO6. The molecule has 8 rings (SSSR count). The van der Waals surface area contributed by atoms with Gasteiger partial charge in [0.25, 0.3) is 0 Å². The summed E-state index contributed by atoms with van der Waals surface area (Å²) in [5.41, 5.74) is 2.31. The van der Waals surface area contributed by atoms with Crippen LogP contribution in [0.3, 0.4) is 0 Å². The summed E-state index contributed by atoms with van der Waals surface area (Å²) in [6, 6.07) is 32.4. The lowest BCUT2D eigenvalue weighted by Crippen LogP contribution is -2.58. The normalized spacial score (nSPS) is 27.9. The van der Waals surface area contributed by atoms with Crippen molar-refractivity contribution >= 4 is 34.6 Å². The Morgan fingerprint density at radius 3 is 2.15 bits per heavy atom. The first-order valence-corrected chi connectivity index (χ1v) is 16.3. The number of para-hydroxylation sites is 1. The number of imide groups is 1. The smallest absolute Gasteiger partial charge is 0.238 e. The van der Waals surface area contributed by atoms with E-state index in [1.807, 2.05) is 72.8 Å². The molecule has 1 saturated heterocycles. The number of amides is 2. The van der Waals surface area contributed by atoms with Gasteiger partial charge in [0.05, 0.1) is 30.0 Å². The second kappa shape index (κ2) is 11.3. The SMILES string of the molecule is COc1cc(O)ccc1C1C2=CCC3C(=O)N(c4ccccc4)C(=O)C3C2CC2C(=O)C(c3ccccc3)=CC(=O)C21c1ccccc1. The highest BCUT2D eigenvalue weighted by Gasteiger charge is 2.66. The first-order chi connectivity index (χ1) is 23.4. The number of methoxy groups -OCH3 is 1. The average Bonchev–Trinajstić information content (AvgIpc) is 3.39. The number of aromatic hydroxyl groups is 1. The zero-order chi connectivity index (χ0) is 33.2. The van der Waals surface area contributed by atoms with E-state index in [0.717, 1.165) is 5.57 Å². The highest BCUT2D eigenvalue weighted by molar-refractivity contribution is 6.32. The number of fused-ring (bicyclic) bond motifs is 4. The van der Waals surface area contributed by atoms with Crippen LogP contribution in [-0.2, 0) is 24.6 Å².